The molecule has 4 heteroatoms. The van der Waals surface area contributed by atoms with Gasteiger partial charge in [0.2, 0.25) is 0 Å². The predicted molar refractivity (Wildman–Crippen MR) is 63.9 cm³/mol. The molecule has 15 heavy (non-hydrogen) atoms. The monoisotopic (exact) mass is 265 g/mol. The van der Waals surface area contributed by atoms with Crippen LogP contribution in [-0.2, 0) is 0 Å². The maximum Gasteiger partial charge on any atom is 0.0992 e. The zero-order valence-corrected chi connectivity index (χ0v) is 9.98. The van der Waals surface area contributed by atoms with Crippen molar-refractivity contribution in [2.75, 3.05) is 0 Å². The van der Waals surface area contributed by atoms with Crippen LogP contribution in [0, 0.1) is 0 Å². The summed E-state index contributed by atoms with van der Waals surface area (Å²) in [5.74, 6) is 0. The number of rotatable bonds is 2. The molecule has 2 rings (SSSR count). The first kappa shape index (κ1) is 10.4. The Morgan fingerprint density at radius 3 is 2.80 bits per heavy atom. The highest BCUT2D eigenvalue weighted by molar-refractivity contribution is 9.10. The lowest BCUT2D eigenvalue weighted by Gasteiger charge is -2.10. The molecule has 1 aromatic heterocycles. The molecule has 0 fully saturated rings. The van der Waals surface area contributed by atoms with Gasteiger partial charge in [-0.2, -0.15) is 0 Å². The van der Waals surface area contributed by atoms with Gasteiger partial charge in [-0.05, 0) is 40.5 Å². The first-order valence-electron chi connectivity index (χ1n) is 4.72. The van der Waals surface area contributed by atoms with Gasteiger partial charge in [0.25, 0.3) is 0 Å². The van der Waals surface area contributed by atoms with Crippen LogP contribution in [0.25, 0.3) is 5.69 Å². The van der Waals surface area contributed by atoms with Crippen LogP contribution in [0.3, 0.4) is 0 Å². The highest BCUT2D eigenvalue weighted by Gasteiger charge is 2.05. The third-order valence-corrected chi connectivity index (χ3v) is 2.92. The van der Waals surface area contributed by atoms with Crippen LogP contribution in [0.15, 0.2) is 41.4 Å². The number of imidazole rings is 1. The van der Waals surface area contributed by atoms with Gasteiger partial charge in [0.05, 0.1) is 12.0 Å². The molecule has 2 aromatic rings. The molecule has 1 heterocycles. The van der Waals surface area contributed by atoms with Crippen molar-refractivity contribution >= 4 is 15.9 Å². The summed E-state index contributed by atoms with van der Waals surface area (Å²) in [6.45, 7) is 1.97. The first-order valence-corrected chi connectivity index (χ1v) is 5.51. The molecule has 2 N–H and O–H groups in total. The van der Waals surface area contributed by atoms with Crippen molar-refractivity contribution in [3.8, 4) is 5.69 Å². The molecular formula is C11H12BrN3. The highest BCUT2D eigenvalue weighted by atomic mass is 79.9. The van der Waals surface area contributed by atoms with E-state index in [-0.39, 0.29) is 6.04 Å². The molecule has 0 aliphatic heterocycles. The number of nitrogens with two attached hydrogens (primary N) is 1. The molecule has 0 amide bonds. The summed E-state index contributed by atoms with van der Waals surface area (Å²) in [5, 5.41) is 0. The van der Waals surface area contributed by atoms with E-state index in [1.54, 1.807) is 12.5 Å². The smallest absolute Gasteiger partial charge is 0.0992 e. The van der Waals surface area contributed by atoms with E-state index in [1.807, 2.05) is 35.9 Å². The van der Waals surface area contributed by atoms with Crippen molar-refractivity contribution in [1.82, 2.24) is 9.55 Å². The molecular weight excluding hydrogens is 254 g/mol. The summed E-state index contributed by atoms with van der Waals surface area (Å²) in [6.07, 6.45) is 5.43. The molecule has 0 spiro atoms. The van der Waals surface area contributed by atoms with Gasteiger partial charge in [0.1, 0.15) is 0 Å². The molecule has 0 bridgehead atoms. The second kappa shape index (κ2) is 4.16. The molecule has 0 saturated heterocycles. The largest absolute Gasteiger partial charge is 0.324 e. The lowest BCUT2D eigenvalue weighted by Crippen LogP contribution is -2.05. The van der Waals surface area contributed by atoms with E-state index in [1.165, 1.54) is 0 Å². The van der Waals surface area contributed by atoms with Crippen molar-refractivity contribution in [2.45, 2.75) is 13.0 Å². The zero-order valence-electron chi connectivity index (χ0n) is 8.39. The van der Waals surface area contributed by atoms with Crippen molar-refractivity contribution in [3.05, 3.63) is 47.0 Å². The summed E-state index contributed by atoms with van der Waals surface area (Å²) in [7, 11) is 0. The summed E-state index contributed by atoms with van der Waals surface area (Å²) in [4.78, 5) is 4.01. The standard InChI is InChI=1S/C11H12BrN3/c1-8(13)9-2-3-11(10(12)6-9)15-5-4-14-7-15/h2-8H,13H2,1H3/t8-/m1/s1. The molecule has 0 aliphatic carbocycles. The van der Waals surface area contributed by atoms with Crippen LogP contribution in [0.4, 0.5) is 0 Å². The van der Waals surface area contributed by atoms with Gasteiger partial charge in [-0.1, -0.05) is 6.07 Å². The fourth-order valence-electron chi connectivity index (χ4n) is 1.42. The van der Waals surface area contributed by atoms with Crippen molar-refractivity contribution < 1.29 is 0 Å². The fourth-order valence-corrected chi connectivity index (χ4v) is 2.02. The van der Waals surface area contributed by atoms with Crippen LogP contribution in [0.5, 0.6) is 0 Å². The average Bonchev–Trinajstić information content (AvgIpc) is 2.70. The molecule has 0 unspecified atom stereocenters. The van der Waals surface area contributed by atoms with Gasteiger partial charge in [-0.25, -0.2) is 4.98 Å². The second-order valence-corrected chi connectivity index (χ2v) is 4.32. The molecule has 1 atom stereocenters. The van der Waals surface area contributed by atoms with Gasteiger partial charge in [-0.15, -0.1) is 0 Å². The molecule has 78 valence electrons. The van der Waals surface area contributed by atoms with Gasteiger partial charge < -0.3 is 10.3 Å². The van der Waals surface area contributed by atoms with E-state index < -0.39 is 0 Å². The van der Waals surface area contributed by atoms with E-state index in [2.05, 4.69) is 20.9 Å². The number of halogens is 1. The normalized spacial score (nSPS) is 12.7. The number of hydrogen-bond donors (Lipinski definition) is 1. The minimum absolute atomic E-state index is 0.0538. The van der Waals surface area contributed by atoms with E-state index in [0.717, 1.165) is 15.7 Å². The second-order valence-electron chi connectivity index (χ2n) is 3.47. The van der Waals surface area contributed by atoms with Crippen LogP contribution in [0.1, 0.15) is 18.5 Å². The zero-order chi connectivity index (χ0) is 10.8. The maximum atomic E-state index is 5.81. The summed E-state index contributed by atoms with van der Waals surface area (Å²) in [5.41, 5.74) is 7.99. The lowest BCUT2D eigenvalue weighted by molar-refractivity contribution is 0.816. The lowest BCUT2D eigenvalue weighted by atomic mass is 10.1. The summed E-state index contributed by atoms with van der Waals surface area (Å²) >= 11 is 3.53. The van der Waals surface area contributed by atoms with Crippen LogP contribution in [0.2, 0.25) is 0 Å². The molecule has 1 aromatic carbocycles. The van der Waals surface area contributed by atoms with Crippen molar-refractivity contribution in [2.24, 2.45) is 5.73 Å². The van der Waals surface area contributed by atoms with E-state index >= 15 is 0 Å². The van der Waals surface area contributed by atoms with Crippen LogP contribution < -0.4 is 5.73 Å². The Labute approximate surface area is 97.1 Å². The van der Waals surface area contributed by atoms with Gasteiger partial charge in [0, 0.05) is 22.9 Å². The summed E-state index contributed by atoms with van der Waals surface area (Å²) in [6, 6.07) is 6.16. The minimum atomic E-state index is 0.0538. The molecule has 0 aliphatic rings. The Bertz CT molecular complexity index is 449. The first-order chi connectivity index (χ1) is 7.18. The summed E-state index contributed by atoms with van der Waals surface area (Å²) < 4.78 is 2.98. The number of nitrogens with zero attached hydrogens (tertiary/aromatic N) is 2. The van der Waals surface area contributed by atoms with E-state index in [9.17, 15) is 0 Å². The molecule has 0 radical (unpaired) electrons. The van der Waals surface area contributed by atoms with Gasteiger partial charge in [-0.3, -0.25) is 0 Å². The van der Waals surface area contributed by atoms with Crippen molar-refractivity contribution in [1.29, 1.82) is 0 Å². The number of aromatic nitrogens is 2. The fraction of sp³-hybridized carbons (Fsp3) is 0.182. The number of hydrogen-bond acceptors (Lipinski definition) is 2. The van der Waals surface area contributed by atoms with Crippen LogP contribution >= 0.6 is 15.9 Å². The Morgan fingerprint density at radius 2 is 2.27 bits per heavy atom. The molecule has 3 nitrogen and oxygen atoms in total. The van der Waals surface area contributed by atoms with Gasteiger partial charge in [0.15, 0.2) is 0 Å². The maximum absolute atomic E-state index is 5.81. The Morgan fingerprint density at radius 1 is 1.47 bits per heavy atom. The Hall–Kier alpha value is -1.13. The third-order valence-electron chi connectivity index (χ3n) is 2.28. The Balaban J connectivity index is 2.44. The Kier molecular flexibility index (Phi) is 2.88. The third kappa shape index (κ3) is 2.11. The SMILES string of the molecule is C[C@@H](N)c1ccc(-n2ccnc2)c(Br)c1. The highest BCUT2D eigenvalue weighted by Crippen LogP contribution is 2.24. The van der Waals surface area contributed by atoms with Crippen molar-refractivity contribution in [3.63, 3.8) is 0 Å². The van der Waals surface area contributed by atoms with E-state index in [4.69, 9.17) is 5.73 Å². The quantitative estimate of drug-likeness (QED) is 0.908. The predicted octanol–water partition coefficient (Wildman–Crippen LogP) is 2.65. The van der Waals surface area contributed by atoms with E-state index in [0.29, 0.717) is 0 Å². The minimum Gasteiger partial charge on any atom is -0.324 e. The molecule has 0 saturated carbocycles. The number of benzene rings is 1. The van der Waals surface area contributed by atoms with Gasteiger partial charge >= 0.3 is 0 Å². The average molecular weight is 266 g/mol. The van der Waals surface area contributed by atoms with Crippen LogP contribution in [-0.4, -0.2) is 9.55 Å². The topological polar surface area (TPSA) is 43.8 Å².